The van der Waals surface area contributed by atoms with E-state index < -0.39 is 17.6 Å². The Kier molecular flexibility index (Phi) is 5.01. The van der Waals surface area contributed by atoms with Crippen molar-refractivity contribution in [1.82, 2.24) is 4.90 Å². The predicted octanol–water partition coefficient (Wildman–Crippen LogP) is 4.34. The summed E-state index contributed by atoms with van der Waals surface area (Å²) in [6.07, 6.45) is -4.55. The average Bonchev–Trinajstić information content (AvgIpc) is 2.27. The molecule has 0 spiro atoms. The van der Waals surface area contributed by atoms with Crippen LogP contribution in [0.1, 0.15) is 36.7 Å². The highest BCUT2D eigenvalue weighted by Crippen LogP contribution is 2.34. The van der Waals surface area contributed by atoms with Gasteiger partial charge < -0.3 is 4.90 Å². The monoisotopic (exact) mass is 337 g/mol. The van der Waals surface area contributed by atoms with Crippen molar-refractivity contribution < 1.29 is 18.0 Å². The van der Waals surface area contributed by atoms with Crippen LogP contribution in [0.25, 0.3) is 0 Å². The molecular formula is C13H15BrF3NO. The minimum atomic E-state index is -4.55. The molecule has 0 aliphatic rings. The number of alkyl halides is 3. The summed E-state index contributed by atoms with van der Waals surface area (Å²) < 4.78 is 39.2. The van der Waals surface area contributed by atoms with Gasteiger partial charge >= 0.3 is 6.18 Å². The third-order valence-electron chi connectivity index (χ3n) is 2.74. The summed E-state index contributed by atoms with van der Waals surface area (Å²) >= 11 is 3.00. The lowest BCUT2D eigenvalue weighted by Crippen LogP contribution is -2.37. The molecule has 0 heterocycles. The van der Waals surface area contributed by atoms with Crippen LogP contribution in [0.3, 0.4) is 0 Å². The fourth-order valence-corrected chi connectivity index (χ4v) is 2.20. The van der Waals surface area contributed by atoms with Crippen molar-refractivity contribution in [2.24, 2.45) is 0 Å². The van der Waals surface area contributed by atoms with Crippen LogP contribution in [0, 0.1) is 0 Å². The van der Waals surface area contributed by atoms with Gasteiger partial charge in [0.15, 0.2) is 0 Å². The van der Waals surface area contributed by atoms with Gasteiger partial charge in [-0.3, -0.25) is 4.79 Å². The van der Waals surface area contributed by atoms with Crippen molar-refractivity contribution in [3.63, 3.8) is 0 Å². The molecule has 0 fully saturated rings. The molecule has 2 nitrogen and oxygen atoms in total. The lowest BCUT2D eigenvalue weighted by atomic mass is 10.1. The van der Waals surface area contributed by atoms with Crippen LogP contribution in [0.15, 0.2) is 22.7 Å². The Hall–Kier alpha value is -1.04. The summed E-state index contributed by atoms with van der Waals surface area (Å²) in [7, 11) is 0. The molecule has 0 saturated heterocycles. The van der Waals surface area contributed by atoms with E-state index in [0.29, 0.717) is 11.0 Å². The minimum absolute atomic E-state index is 0.151. The molecule has 19 heavy (non-hydrogen) atoms. The van der Waals surface area contributed by atoms with Crippen LogP contribution in [0.4, 0.5) is 13.2 Å². The maximum Gasteiger partial charge on any atom is 0.417 e. The molecule has 0 unspecified atom stereocenters. The molecule has 0 saturated carbocycles. The lowest BCUT2D eigenvalue weighted by Gasteiger charge is -2.26. The Labute approximate surface area is 118 Å². The van der Waals surface area contributed by atoms with Gasteiger partial charge in [-0.25, -0.2) is 0 Å². The van der Waals surface area contributed by atoms with Crippen LogP contribution in [-0.4, -0.2) is 23.4 Å². The minimum Gasteiger partial charge on any atom is -0.336 e. The van der Waals surface area contributed by atoms with E-state index in [2.05, 4.69) is 15.9 Å². The van der Waals surface area contributed by atoms with Gasteiger partial charge in [0.25, 0.3) is 5.91 Å². The standard InChI is InChI=1S/C13H15BrF3NO/c1-4-18(8(2)3)12(19)10-6-5-9(14)7-11(10)13(15,16)17/h5-8H,4H2,1-3H3. The van der Waals surface area contributed by atoms with Gasteiger partial charge in [0.05, 0.1) is 11.1 Å². The van der Waals surface area contributed by atoms with E-state index in [4.69, 9.17) is 0 Å². The molecule has 0 atom stereocenters. The number of nitrogens with zero attached hydrogens (tertiary/aromatic N) is 1. The fourth-order valence-electron chi connectivity index (χ4n) is 1.84. The van der Waals surface area contributed by atoms with Crippen molar-refractivity contribution >= 4 is 21.8 Å². The number of hydrogen-bond donors (Lipinski definition) is 0. The maximum absolute atomic E-state index is 13.0. The molecule has 106 valence electrons. The summed E-state index contributed by atoms with van der Waals surface area (Å²) in [5, 5.41) is 0. The Morgan fingerprint density at radius 2 is 1.95 bits per heavy atom. The molecule has 1 rings (SSSR count). The molecule has 1 aromatic rings. The first-order valence-electron chi connectivity index (χ1n) is 5.86. The third-order valence-corrected chi connectivity index (χ3v) is 3.24. The number of carbonyl (C=O) groups is 1. The van der Waals surface area contributed by atoms with Gasteiger partial charge in [0.2, 0.25) is 0 Å². The van der Waals surface area contributed by atoms with Crippen molar-refractivity contribution in [2.45, 2.75) is 33.0 Å². The van der Waals surface area contributed by atoms with E-state index in [1.54, 1.807) is 20.8 Å². The summed E-state index contributed by atoms with van der Waals surface area (Å²) in [6.45, 7) is 5.65. The van der Waals surface area contributed by atoms with Gasteiger partial charge in [-0.15, -0.1) is 0 Å². The van der Waals surface area contributed by atoms with Gasteiger partial charge in [-0.05, 0) is 39.0 Å². The number of benzene rings is 1. The fraction of sp³-hybridized carbons (Fsp3) is 0.462. The van der Waals surface area contributed by atoms with E-state index in [9.17, 15) is 18.0 Å². The summed E-state index contributed by atoms with van der Waals surface area (Å²) in [5.41, 5.74) is -1.22. The SMILES string of the molecule is CCN(C(=O)c1ccc(Br)cc1C(F)(F)F)C(C)C. The molecule has 0 radical (unpaired) electrons. The lowest BCUT2D eigenvalue weighted by molar-refractivity contribution is -0.138. The number of amides is 1. The Morgan fingerprint density at radius 1 is 1.37 bits per heavy atom. The molecule has 1 aromatic carbocycles. The van der Waals surface area contributed by atoms with E-state index in [-0.39, 0.29) is 11.6 Å². The zero-order valence-corrected chi connectivity index (χ0v) is 12.5. The number of halogens is 4. The van der Waals surface area contributed by atoms with E-state index >= 15 is 0 Å². The summed E-state index contributed by atoms with van der Waals surface area (Å²) in [4.78, 5) is 13.6. The second-order valence-corrected chi connectivity index (χ2v) is 5.29. The van der Waals surface area contributed by atoms with Crippen LogP contribution < -0.4 is 0 Å². The Bertz CT molecular complexity index is 471. The smallest absolute Gasteiger partial charge is 0.336 e. The molecule has 0 aliphatic carbocycles. The normalized spacial score (nSPS) is 11.8. The maximum atomic E-state index is 13.0. The van der Waals surface area contributed by atoms with Crippen LogP contribution in [0.5, 0.6) is 0 Å². The van der Waals surface area contributed by atoms with E-state index in [0.717, 1.165) is 6.07 Å². The van der Waals surface area contributed by atoms with E-state index in [1.807, 2.05) is 0 Å². The molecule has 0 N–H and O–H groups in total. The zero-order valence-electron chi connectivity index (χ0n) is 10.9. The molecular weight excluding hydrogens is 323 g/mol. The molecule has 0 aromatic heterocycles. The highest BCUT2D eigenvalue weighted by Gasteiger charge is 2.36. The van der Waals surface area contributed by atoms with Gasteiger partial charge in [-0.2, -0.15) is 13.2 Å². The number of carbonyl (C=O) groups excluding carboxylic acids is 1. The first-order chi connectivity index (χ1) is 8.68. The van der Waals surface area contributed by atoms with Crippen LogP contribution >= 0.6 is 15.9 Å². The van der Waals surface area contributed by atoms with Crippen molar-refractivity contribution in [3.05, 3.63) is 33.8 Å². The van der Waals surface area contributed by atoms with Crippen molar-refractivity contribution in [3.8, 4) is 0 Å². The van der Waals surface area contributed by atoms with Gasteiger partial charge in [-0.1, -0.05) is 15.9 Å². The topological polar surface area (TPSA) is 20.3 Å². The summed E-state index contributed by atoms with van der Waals surface area (Å²) in [5.74, 6) is -0.600. The quantitative estimate of drug-likeness (QED) is 0.803. The second-order valence-electron chi connectivity index (χ2n) is 4.37. The number of hydrogen-bond acceptors (Lipinski definition) is 1. The van der Waals surface area contributed by atoms with Crippen LogP contribution in [-0.2, 0) is 6.18 Å². The zero-order chi connectivity index (χ0) is 14.8. The Balaban J connectivity index is 3.31. The largest absolute Gasteiger partial charge is 0.417 e. The van der Waals surface area contributed by atoms with Crippen molar-refractivity contribution in [1.29, 1.82) is 0 Å². The highest BCUT2D eigenvalue weighted by atomic mass is 79.9. The second kappa shape index (κ2) is 5.94. The van der Waals surface area contributed by atoms with Gasteiger partial charge in [0, 0.05) is 17.1 Å². The van der Waals surface area contributed by atoms with E-state index in [1.165, 1.54) is 17.0 Å². The Morgan fingerprint density at radius 3 is 2.37 bits per heavy atom. The summed E-state index contributed by atoms with van der Waals surface area (Å²) in [6, 6.07) is 3.43. The average molecular weight is 338 g/mol. The molecule has 0 aliphatic heterocycles. The molecule has 1 amide bonds. The van der Waals surface area contributed by atoms with Crippen LogP contribution in [0.2, 0.25) is 0 Å². The first kappa shape index (κ1) is 16.0. The highest BCUT2D eigenvalue weighted by molar-refractivity contribution is 9.10. The molecule has 6 heteroatoms. The number of rotatable bonds is 3. The van der Waals surface area contributed by atoms with Crippen molar-refractivity contribution in [2.75, 3.05) is 6.54 Å². The van der Waals surface area contributed by atoms with Gasteiger partial charge in [0.1, 0.15) is 0 Å². The predicted molar refractivity (Wildman–Crippen MR) is 71.0 cm³/mol. The molecule has 0 bridgehead atoms. The third kappa shape index (κ3) is 3.72. The first-order valence-corrected chi connectivity index (χ1v) is 6.65.